The number of esters is 2. The van der Waals surface area contributed by atoms with Crippen LogP contribution in [0, 0.1) is 18.3 Å². The Kier molecular flexibility index (Phi) is 7.97. The number of ether oxygens (including phenoxy) is 2. The van der Waals surface area contributed by atoms with Crippen molar-refractivity contribution in [2.75, 3.05) is 18.9 Å². The van der Waals surface area contributed by atoms with Gasteiger partial charge in [-0.2, -0.15) is 5.26 Å². The molecule has 2 aromatic rings. The zero-order valence-electron chi connectivity index (χ0n) is 17.0. The molecular weight excluding hydrogens is 426 g/mol. The van der Waals surface area contributed by atoms with Crippen molar-refractivity contribution in [2.45, 2.75) is 38.5 Å². The van der Waals surface area contributed by atoms with Crippen molar-refractivity contribution in [3.05, 3.63) is 38.9 Å². The van der Waals surface area contributed by atoms with Crippen LogP contribution in [0.3, 0.4) is 0 Å². The number of hydrogen-bond donors (Lipinski definition) is 1. The number of nitriles is 1. The van der Waals surface area contributed by atoms with Gasteiger partial charge < -0.3 is 15.2 Å². The molecule has 8 nitrogen and oxygen atoms in total. The molecule has 0 fully saturated rings. The van der Waals surface area contributed by atoms with E-state index in [1.165, 1.54) is 13.0 Å². The number of carbonyl (C=O) groups excluding carboxylic acids is 3. The lowest BCUT2D eigenvalue weighted by molar-refractivity contribution is 0.0527. The normalized spacial score (nSPS) is 10.4. The fraction of sp³-hybridized carbons (Fsp3) is 0.350. The number of thiophene rings is 1. The average molecular weight is 448 g/mol. The molecule has 0 amide bonds. The molecule has 2 rings (SSSR count). The van der Waals surface area contributed by atoms with Crippen LogP contribution in [0.1, 0.15) is 68.0 Å². The number of ketones is 1. The number of pyridine rings is 1. The van der Waals surface area contributed by atoms with E-state index < -0.39 is 11.9 Å². The summed E-state index contributed by atoms with van der Waals surface area (Å²) in [6.07, 6.45) is 0. The molecule has 10 heteroatoms. The number of aromatic nitrogens is 1. The summed E-state index contributed by atoms with van der Waals surface area (Å²) < 4.78 is 10.2. The Labute approximate surface area is 182 Å². The lowest BCUT2D eigenvalue weighted by atomic mass is 10.1. The van der Waals surface area contributed by atoms with Gasteiger partial charge in [-0.3, -0.25) is 4.79 Å². The highest BCUT2D eigenvalue weighted by Gasteiger charge is 2.28. The number of rotatable bonds is 8. The number of hydrogen-bond acceptors (Lipinski definition) is 10. The average Bonchev–Trinajstić information content (AvgIpc) is 3.02. The summed E-state index contributed by atoms with van der Waals surface area (Å²) >= 11 is 2.12. The smallest absolute Gasteiger partial charge is 0.348 e. The molecule has 2 aromatic heterocycles. The van der Waals surface area contributed by atoms with Crippen molar-refractivity contribution in [1.82, 2.24) is 4.98 Å². The predicted molar refractivity (Wildman–Crippen MR) is 114 cm³/mol. The van der Waals surface area contributed by atoms with Crippen molar-refractivity contribution < 1.29 is 23.9 Å². The van der Waals surface area contributed by atoms with Gasteiger partial charge in [-0.05, 0) is 33.8 Å². The Balaban J connectivity index is 2.48. The molecular formula is C20H21N3O5S2. The number of thioether (sulfide) groups is 1. The van der Waals surface area contributed by atoms with Crippen LogP contribution in [-0.4, -0.2) is 35.9 Å². The fourth-order valence-corrected chi connectivity index (χ4v) is 4.77. The van der Waals surface area contributed by atoms with E-state index in [9.17, 15) is 19.6 Å². The Morgan fingerprint density at radius 2 is 1.87 bits per heavy atom. The molecule has 0 unspecified atom stereocenters. The Morgan fingerprint density at radius 3 is 2.43 bits per heavy atom. The van der Waals surface area contributed by atoms with E-state index in [1.807, 2.05) is 6.07 Å². The summed E-state index contributed by atoms with van der Waals surface area (Å²) in [6, 6.07) is 3.53. The van der Waals surface area contributed by atoms with Gasteiger partial charge in [-0.25, -0.2) is 14.6 Å². The highest BCUT2D eigenvalue weighted by molar-refractivity contribution is 7.98. The van der Waals surface area contributed by atoms with Crippen molar-refractivity contribution in [2.24, 2.45) is 0 Å². The molecule has 0 aliphatic heterocycles. The molecule has 30 heavy (non-hydrogen) atoms. The zero-order valence-corrected chi connectivity index (χ0v) is 18.7. The molecule has 0 bridgehead atoms. The molecule has 0 radical (unpaired) electrons. The Morgan fingerprint density at radius 1 is 1.23 bits per heavy atom. The van der Waals surface area contributed by atoms with E-state index in [-0.39, 0.29) is 45.8 Å². The Hall–Kier alpha value is -2.90. The van der Waals surface area contributed by atoms with E-state index in [0.717, 1.165) is 23.1 Å². The second-order valence-corrected chi connectivity index (χ2v) is 8.04. The minimum atomic E-state index is -0.631. The number of Topliss-reactive ketones (excluding diaryl/α,β-unsaturated/α-hetero) is 1. The van der Waals surface area contributed by atoms with E-state index in [2.05, 4.69) is 4.98 Å². The minimum Gasteiger partial charge on any atom is -0.462 e. The monoisotopic (exact) mass is 447 g/mol. The van der Waals surface area contributed by atoms with E-state index in [4.69, 9.17) is 15.2 Å². The van der Waals surface area contributed by atoms with E-state index in [0.29, 0.717) is 21.8 Å². The van der Waals surface area contributed by atoms with Crippen LogP contribution in [0.25, 0.3) is 0 Å². The maximum absolute atomic E-state index is 12.4. The van der Waals surface area contributed by atoms with Gasteiger partial charge in [0.2, 0.25) is 0 Å². The van der Waals surface area contributed by atoms with Gasteiger partial charge in [0.25, 0.3) is 0 Å². The number of anilines is 1. The second-order valence-electron chi connectivity index (χ2n) is 6.02. The number of carbonyl (C=O) groups is 3. The van der Waals surface area contributed by atoms with Gasteiger partial charge in [-0.15, -0.1) is 23.1 Å². The molecule has 158 valence electrons. The SMILES string of the molecule is CCOC(=O)c1sc(N)c(C(=O)OCC)c1CSc1nc(C)c(C(C)=O)cc1C#N. The number of aryl methyl sites for hydroxylation is 1. The maximum Gasteiger partial charge on any atom is 0.348 e. The first-order valence-corrected chi connectivity index (χ1v) is 10.9. The number of nitrogen functional groups attached to an aromatic ring is 1. The summed E-state index contributed by atoms with van der Waals surface area (Å²) in [5.41, 5.74) is 7.59. The number of nitrogens with zero attached hydrogens (tertiary/aromatic N) is 2. The third-order valence-corrected chi connectivity index (χ3v) is 6.06. The fourth-order valence-electron chi connectivity index (χ4n) is 2.68. The van der Waals surface area contributed by atoms with Gasteiger partial charge in [0.1, 0.15) is 21.0 Å². The second kappa shape index (κ2) is 10.2. The largest absolute Gasteiger partial charge is 0.462 e. The third kappa shape index (κ3) is 4.98. The molecule has 0 aromatic carbocycles. The first-order valence-electron chi connectivity index (χ1n) is 9.05. The molecule has 0 aliphatic rings. The first kappa shape index (κ1) is 23.4. The molecule has 2 N–H and O–H groups in total. The minimum absolute atomic E-state index is 0.119. The highest BCUT2D eigenvalue weighted by atomic mass is 32.2. The van der Waals surface area contributed by atoms with Gasteiger partial charge in [0.15, 0.2) is 5.78 Å². The molecule has 0 atom stereocenters. The van der Waals surface area contributed by atoms with Crippen molar-refractivity contribution in [3.63, 3.8) is 0 Å². The van der Waals surface area contributed by atoms with Gasteiger partial charge in [0.05, 0.1) is 24.3 Å². The Bertz CT molecular complexity index is 1040. The van der Waals surface area contributed by atoms with E-state index in [1.54, 1.807) is 20.8 Å². The van der Waals surface area contributed by atoms with Crippen LogP contribution >= 0.6 is 23.1 Å². The summed E-state index contributed by atoms with van der Waals surface area (Å²) in [7, 11) is 0. The highest BCUT2D eigenvalue weighted by Crippen LogP contribution is 2.37. The third-order valence-electron chi connectivity index (χ3n) is 4.01. The van der Waals surface area contributed by atoms with Crippen LogP contribution in [0.4, 0.5) is 5.00 Å². The lowest BCUT2D eigenvalue weighted by Gasteiger charge is -2.10. The van der Waals surface area contributed by atoms with Crippen molar-refractivity contribution in [3.8, 4) is 6.07 Å². The van der Waals surface area contributed by atoms with E-state index >= 15 is 0 Å². The van der Waals surface area contributed by atoms with Crippen LogP contribution in [0.15, 0.2) is 11.1 Å². The quantitative estimate of drug-likeness (QED) is 0.365. The van der Waals surface area contributed by atoms with Gasteiger partial charge in [0, 0.05) is 22.6 Å². The van der Waals surface area contributed by atoms with Crippen molar-refractivity contribution >= 4 is 45.8 Å². The topological polar surface area (TPSA) is 132 Å². The van der Waals surface area contributed by atoms with Crippen LogP contribution in [-0.2, 0) is 15.2 Å². The van der Waals surface area contributed by atoms with Crippen LogP contribution in [0.2, 0.25) is 0 Å². The summed E-state index contributed by atoms with van der Waals surface area (Å²) in [6.45, 7) is 6.76. The summed E-state index contributed by atoms with van der Waals surface area (Å²) in [5.74, 6) is -1.27. The van der Waals surface area contributed by atoms with Gasteiger partial charge >= 0.3 is 11.9 Å². The summed E-state index contributed by atoms with van der Waals surface area (Å²) in [5, 5.41) is 10.0. The van der Waals surface area contributed by atoms with Crippen LogP contribution in [0.5, 0.6) is 0 Å². The standard InChI is InChI=1S/C20H21N3O5S2/c1-5-27-19(25)15-14(16(30-17(15)22)20(26)28-6-2)9-29-18-12(8-21)7-13(11(4)24)10(3)23-18/h7H,5-6,9,22H2,1-4H3. The van der Waals surface area contributed by atoms with Crippen LogP contribution < -0.4 is 5.73 Å². The van der Waals surface area contributed by atoms with Gasteiger partial charge in [-0.1, -0.05) is 0 Å². The molecule has 0 saturated carbocycles. The zero-order chi connectivity index (χ0) is 22.4. The predicted octanol–water partition coefficient (Wildman–Crippen LogP) is 3.75. The molecule has 0 spiro atoms. The summed E-state index contributed by atoms with van der Waals surface area (Å²) in [4.78, 5) is 41.1. The molecule has 0 saturated heterocycles. The maximum atomic E-state index is 12.4. The molecule has 0 aliphatic carbocycles. The molecule has 2 heterocycles. The lowest BCUT2D eigenvalue weighted by Crippen LogP contribution is -2.11. The first-order chi connectivity index (χ1) is 14.2. The number of nitrogens with two attached hydrogens (primary N) is 1. The van der Waals surface area contributed by atoms with Crippen molar-refractivity contribution in [1.29, 1.82) is 5.26 Å².